The van der Waals surface area contributed by atoms with Crippen molar-refractivity contribution < 1.29 is 18.3 Å². The van der Waals surface area contributed by atoms with Gasteiger partial charge in [0.1, 0.15) is 0 Å². The molecule has 1 aromatic carbocycles. The second-order valence-corrected chi connectivity index (χ2v) is 7.67. The fourth-order valence-electron chi connectivity index (χ4n) is 4.20. The third-order valence-electron chi connectivity index (χ3n) is 5.67. The summed E-state index contributed by atoms with van der Waals surface area (Å²) in [5.74, 6) is -2.34. The Morgan fingerprint density at radius 3 is 3.00 bits per heavy atom. The monoisotopic (exact) mass is 404 g/mol. The lowest BCUT2D eigenvalue weighted by atomic mass is 10.0. The summed E-state index contributed by atoms with van der Waals surface area (Å²) in [6.45, 7) is 6.63. The van der Waals surface area contributed by atoms with Crippen LogP contribution in [0.1, 0.15) is 47.1 Å². The van der Waals surface area contributed by atoms with Crippen molar-refractivity contribution in [1.82, 2.24) is 20.0 Å². The fourth-order valence-corrected chi connectivity index (χ4v) is 4.20. The third-order valence-corrected chi connectivity index (χ3v) is 5.67. The third kappa shape index (κ3) is 4.33. The minimum Gasteiger partial charge on any atom is -0.376 e. The Labute approximate surface area is 168 Å². The molecule has 1 N–H and O–H groups in total. The number of likely N-dealkylation sites (tertiary alicyclic amines) is 1. The first kappa shape index (κ1) is 20.0. The molecule has 2 aliphatic rings. The lowest BCUT2D eigenvalue weighted by Gasteiger charge is -2.33. The summed E-state index contributed by atoms with van der Waals surface area (Å²) in [4.78, 5) is 14.7. The van der Waals surface area contributed by atoms with Gasteiger partial charge >= 0.3 is 0 Å². The van der Waals surface area contributed by atoms with Gasteiger partial charge in [-0.15, -0.1) is 0 Å². The van der Waals surface area contributed by atoms with E-state index in [4.69, 9.17) is 9.84 Å². The van der Waals surface area contributed by atoms with Crippen LogP contribution in [0.2, 0.25) is 0 Å². The first-order valence-electron chi connectivity index (χ1n) is 10.2. The topological polar surface area (TPSA) is 59.4 Å². The van der Waals surface area contributed by atoms with Gasteiger partial charge in [-0.05, 0) is 44.5 Å². The van der Waals surface area contributed by atoms with Gasteiger partial charge in [-0.2, -0.15) is 5.10 Å². The molecule has 0 aliphatic carbocycles. The largest absolute Gasteiger partial charge is 0.376 e. The zero-order chi connectivity index (χ0) is 20.4. The summed E-state index contributed by atoms with van der Waals surface area (Å²) in [7, 11) is 0. The summed E-state index contributed by atoms with van der Waals surface area (Å²) in [6.07, 6.45) is 2.70. The van der Waals surface area contributed by atoms with Crippen molar-refractivity contribution in [2.45, 2.75) is 51.9 Å². The van der Waals surface area contributed by atoms with Gasteiger partial charge in [-0.3, -0.25) is 14.4 Å². The number of carbonyl (C=O) groups is 1. The average molecular weight is 404 g/mol. The highest BCUT2D eigenvalue weighted by molar-refractivity contribution is 5.94. The van der Waals surface area contributed by atoms with Crippen LogP contribution in [0.4, 0.5) is 8.78 Å². The van der Waals surface area contributed by atoms with Crippen molar-refractivity contribution in [3.8, 4) is 0 Å². The zero-order valence-corrected chi connectivity index (χ0v) is 16.6. The maximum atomic E-state index is 13.4. The molecule has 0 radical (unpaired) electrons. The first-order valence-corrected chi connectivity index (χ1v) is 10.2. The van der Waals surface area contributed by atoms with Gasteiger partial charge in [0.2, 0.25) is 0 Å². The number of aryl methyl sites for hydroxylation is 1. The van der Waals surface area contributed by atoms with E-state index < -0.39 is 11.6 Å². The number of aromatic nitrogens is 2. The summed E-state index contributed by atoms with van der Waals surface area (Å²) in [5, 5.41) is 7.74. The van der Waals surface area contributed by atoms with Crippen LogP contribution >= 0.6 is 0 Å². The second kappa shape index (κ2) is 8.59. The zero-order valence-electron chi connectivity index (χ0n) is 16.6. The number of amides is 1. The number of hydrogen-bond donors (Lipinski definition) is 1. The number of fused-ring (bicyclic) bond motifs is 1. The van der Waals surface area contributed by atoms with E-state index in [1.54, 1.807) is 0 Å². The molecule has 0 bridgehead atoms. The van der Waals surface area contributed by atoms with E-state index >= 15 is 0 Å². The minimum atomic E-state index is -1.01. The van der Waals surface area contributed by atoms with Crippen molar-refractivity contribution in [2.75, 3.05) is 19.7 Å². The smallest absolute Gasteiger partial charge is 0.251 e. The second-order valence-electron chi connectivity index (χ2n) is 7.67. The number of piperidine rings is 1. The summed E-state index contributed by atoms with van der Waals surface area (Å²) in [6, 6.07) is 3.18. The molecule has 1 amide bonds. The first-order chi connectivity index (χ1) is 14.0. The van der Waals surface area contributed by atoms with Crippen molar-refractivity contribution in [1.29, 1.82) is 0 Å². The lowest BCUT2D eigenvalue weighted by Crippen LogP contribution is -2.47. The van der Waals surface area contributed by atoms with Gasteiger partial charge in [0.05, 0.1) is 18.9 Å². The lowest BCUT2D eigenvalue weighted by molar-refractivity contribution is 0.0897. The summed E-state index contributed by atoms with van der Waals surface area (Å²) >= 11 is 0. The number of nitrogens with one attached hydrogen (secondary N) is 1. The van der Waals surface area contributed by atoms with Crippen LogP contribution in [0, 0.1) is 11.6 Å². The van der Waals surface area contributed by atoms with E-state index in [0.717, 1.165) is 63.3 Å². The normalized spacial score (nSPS) is 19.8. The molecular weight excluding hydrogens is 378 g/mol. The van der Waals surface area contributed by atoms with E-state index in [0.29, 0.717) is 13.2 Å². The van der Waals surface area contributed by atoms with Gasteiger partial charge in [0, 0.05) is 48.9 Å². The Morgan fingerprint density at radius 2 is 2.21 bits per heavy atom. The van der Waals surface area contributed by atoms with Crippen LogP contribution < -0.4 is 5.32 Å². The molecule has 1 atom stereocenters. The maximum absolute atomic E-state index is 13.4. The SMILES string of the molecule is CCn1nc(CN2CCCC(NC(=O)c3ccc(F)c(F)c3)C2)c2c1CCOC2. The highest BCUT2D eigenvalue weighted by Gasteiger charge is 2.26. The quantitative estimate of drug-likeness (QED) is 0.833. The fraction of sp³-hybridized carbons (Fsp3) is 0.524. The molecule has 156 valence electrons. The molecular formula is C21H26F2N4O2. The Hall–Kier alpha value is -2.32. The molecule has 1 unspecified atom stereocenters. The van der Waals surface area contributed by atoms with E-state index in [9.17, 15) is 13.6 Å². The molecule has 2 aromatic rings. The van der Waals surface area contributed by atoms with E-state index in [1.165, 1.54) is 17.3 Å². The molecule has 3 heterocycles. The van der Waals surface area contributed by atoms with Crippen molar-refractivity contribution in [3.05, 3.63) is 52.3 Å². The Kier molecular flexibility index (Phi) is 5.91. The van der Waals surface area contributed by atoms with Crippen LogP contribution in [0.3, 0.4) is 0 Å². The van der Waals surface area contributed by atoms with Crippen LogP contribution in [-0.4, -0.2) is 46.3 Å². The molecule has 8 heteroatoms. The van der Waals surface area contributed by atoms with Gasteiger partial charge in [0.25, 0.3) is 5.91 Å². The molecule has 4 rings (SSSR count). The highest BCUT2D eigenvalue weighted by atomic mass is 19.2. The molecule has 0 saturated carbocycles. The molecule has 0 spiro atoms. The summed E-state index contributed by atoms with van der Waals surface area (Å²) < 4.78 is 34.2. The number of nitrogens with zero attached hydrogens (tertiary/aromatic N) is 3. The van der Waals surface area contributed by atoms with Crippen LogP contribution in [0.15, 0.2) is 18.2 Å². The molecule has 6 nitrogen and oxygen atoms in total. The van der Waals surface area contributed by atoms with Gasteiger partial charge in [-0.1, -0.05) is 0 Å². The molecule has 1 fully saturated rings. The van der Waals surface area contributed by atoms with E-state index in [2.05, 4.69) is 21.8 Å². The molecule has 1 aromatic heterocycles. The molecule has 1 saturated heterocycles. The predicted molar refractivity (Wildman–Crippen MR) is 103 cm³/mol. The number of carbonyl (C=O) groups excluding carboxylic acids is 1. The van der Waals surface area contributed by atoms with Crippen molar-refractivity contribution in [3.63, 3.8) is 0 Å². The molecule has 29 heavy (non-hydrogen) atoms. The minimum absolute atomic E-state index is 0.0373. The van der Waals surface area contributed by atoms with Crippen LogP contribution in [0.25, 0.3) is 0 Å². The molecule has 2 aliphatic heterocycles. The average Bonchev–Trinajstić information content (AvgIpc) is 3.08. The number of halogens is 2. The van der Waals surface area contributed by atoms with Gasteiger partial charge < -0.3 is 10.1 Å². The number of rotatable bonds is 5. The standard InChI is InChI=1S/C21H26F2N4O2/c1-2-27-20-7-9-29-13-16(20)19(25-27)12-26-8-3-4-15(11-26)24-21(28)14-5-6-17(22)18(23)10-14/h5-6,10,15H,2-4,7-9,11-13H2,1H3,(H,24,28). The Bertz CT molecular complexity index is 899. The highest BCUT2D eigenvalue weighted by Crippen LogP contribution is 2.23. The van der Waals surface area contributed by atoms with Crippen molar-refractivity contribution in [2.24, 2.45) is 0 Å². The number of benzene rings is 1. The maximum Gasteiger partial charge on any atom is 0.251 e. The predicted octanol–water partition coefficient (Wildman–Crippen LogP) is 2.65. The van der Waals surface area contributed by atoms with E-state index in [1.807, 2.05) is 0 Å². The number of ether oxygens (including phenoxy) is 1. The van der Waals surface area contributed by atoms with Crippen LogP contribution in [-0.2, 0) is 30.9 Å². The van der Waals surface area contributed by atoms with Gasteiger partial charge in [0.15, 0.2) is 11.6 Å². The Balaban J connectivity index is 1.40. The van der Waals surface area contributed by atoms with Crippen molar-refractivity contribution >= 4 is 5.91 Å². The number of hydrogen-bond acceptors (Lipinski definition) is 4. The van der Waals surface area contributed by atoms with Gasteiger partial charge in [-0.25, -0.2) is 8.78 Å². The van der Waals surface area contributed by atoms with Crippen LogP contribution in [0.5, 0.6) is 0 Å². The van der Waals surface area contributed by atoms with E-state index in [-0.39, 0.29) is 17.5 Å². The Morgan fingerprint density at radius 1 is 1.34 bits per heavy atom. The summed E-state index contributed by atoms with van der Waals surface area (Å²) in [5.41, 5.74) is 3.66.